The number of halogens is 1. The first kappa shape index (κ1) is 14.8. The molecule has 2 rings (SSSR count). The van der Waals surface area contributed by atoms with E-state index in [4.69, 9.17) is 15.3 Å². The van der Waals surface area contributed by atoms with E-state index in [1.54, 1.807) is 19.2 Å². The highest BCUT2D eigenvalue weighted by Gasteiger charge is 2.13. The number of nitrogens with two attached hydrogens (primary N) is 1. The SMILES string of the molecule is COc1ccc(OCc2ccsc2C(=O)NN)c(Br)c1. The fourth-order valence-electron chi connectivity index (χ4n) is 1.60. The Labute approximate surface area is 128 Å². The molecule has 3 N–H and O–H groups in total. The quantitative estimate of drug-likeness (QED) is 0.490. The molecule has 1 aromatic heterocycles. The average molecular weight is 357 g/mol. The van der Waals surface area contributed by atoms with Gasteiger partial charge in [-0.2, -0.15) is 0 Å². The smallest absolute Gasteiger partial charge is 0.275 e. The molecular weight excluding hydrogens is 344 g/mol. The fourth-order valence-corrected chi connectivity index (χ4v) is 2.88. The molecule has 1 heterocycles. The van der Waals surface area contributed by atoms with Gasteiger partial charge in [0.05, 0.1) is 16.5 Å². The summed E-state index contributed by atoms with van der Waals surface area (Å²) in [6, 6.07) is 7.27. The molecule has 7 heteroatoms. The van der Waals surface area contributed by atoms with Crippen molar-refractivity contribution < 1.29 is 14.3 Å². The van der Waals surface area contributed by atoms with Crippen molar-refractivity contribution in [2.75, 3.05) is 7.11 Å². The third-order valence-corrected chi connectivity index (χ3v) is 4.18. The zero-order chi connectivity index (χ0) is 14.5. The molecule has 5 nitrogen and oxygen atoms in total. The van der Waals surface area contributed by atoms with Crippen LogP contribution in [0, 0.1) is 0 Å². The summed E-state index contributed by atoms with van der Waals surface area (Å²) in [6.07, 6.45) is 0. The number of benzene rings is 1. The Kier molecular flexibility index (Phi) is 4.99. The topological polar surface area (TPSA) is 73.6 Å². The molecule has 0 radical (unpaired) electrons. The van der Waals surface area contributed by atoms with Crippen molar-refractivity contribution >= 4 is 33.2 Å². The maximum atomic E-state index is 11.6. The van der Waals surface area contributed by atoms with Crippen LogP contribution in [-0.2, 0) is 6.61 Å². The number of rotatable bonds is 5. The van der Waals surface area contributed by atoms with Gasteiger partial charge in [-0.25, -0.2) is 5.84 Å². The zero-order valence-electron chi connectivity index (χ0n) is 10.7. The molecule has 20 heavy (non-hydrogen) atoms. The molecule has 0 spiro atoms. The summed E-state index contributed by atoms with van der Waals surface area (Å²) >= 11 is 4.74. The minimum atomic E-state index is -0.313. The third-order valence-electron chi connectivity index (χ3n) is 2.61. The molecule has 1 amide bonds. The van der Waals surface area contributed by atoms with Crippen LogP contribution in [0.5, 0.6) is 11.5 Å². The van der Waals surface area contributed by atoms with Gasteiger partial charge in [0.2, 0.25) is 0 Å². The summed E-state index contributed by atoms with van der Waals surface area (Å²) in [6.45, 7) is 0.289. The third kappa shape index (κ3) is 3.30. The minimum absolute atomic E-state index is 0.289. The van der Waals surface area contributed by atoms with Crippen molar-refractivity contribution in [3.63, 3.8) is 0 Å². The zero-order valence-corrected chi connectivity index (χ0v) is 13.1. The second kappa shape index (κ2) is 6.74. The van der Waals surface area contributed by atoms with E-state index in [0.29, 0.717) is 10.6 Å². The number of thiophene rings is 1. The average Bonchev–Trinajstić information content (AvgIpc) is 2.93. The molecule has 0 aliphatic rings. The van der Waals surface area contributed by atoms with Crippen LogP contribution in [0.25, 0.3) is 0 Å². The van der Waals surface area contributed by atoms with E-state index in [1.807, 2.05) is 17.5 Å². The molecule has 0 aliphatic heterocycles. The molecule has 0 bridgehead atoms. The van der Waals surface area contributed by atoms with E-state index >= 15 is 0 Å². The predicted molar refractivity (Wildman–Crippen MR) is 81.0 cm³/mol. The molecule has 0 saturated heterocycles. The molecule has 0 fully saturated rings. The predicted octanol–water partition coefficient (Wildman–Crippen LogP) is 2.70. The van der Waals surface area contributed by atoms with Gasteiger partial charge in [-0.05, 0) is 45.6 Å². The number of nitrogen functional groups attached to an aromatic ring is 1. The van der Waals surface area contributed by atoms with Crippen LogP contribution >= 0.6 is 27.3 Å². The summed E-state index contributed by atoms with van der Waals surface area (Å²) in [5, 5.41) is 1.83. The van der Waals surface area contributed by atoms with Crippen molar-refractivity contribution in [3.8, 4) is 11.5 Å². The van der Waals surface area contributed by atoms with Gasteiger partial charge in [-0.15, -0.1) is 11.3 Å². The number of ether oxygens (including phenoxy) is 2. The van der Waals surface area contributed by atoms with Gasteiger partial charge in [0, 0.05) is 5.56 Å². The number of methoxy groups -OCH3 is 1. The lowest BCUT2D eigenvalue weighted by molar-refractivity contribution is 0.0955. The number of carbonyl (C=O) groups excluding carboxylic acids is 1. The number of hydrazine groups is 1. The maximum Gasteiger partial charge on any atom is 0.275 e. The minimum Gasteiger partial charge on any atom is -0.497 e. The van der Waals surface area contributed by atoms with Crippen LogP contribution in [0.2, 0.25) is 0 Å². The standard InChI is InChI=1S/C13H13BrN2O3S/c1-18-9-2-3-11(10(14)6-9)19-7-8-4-5-20-12(8)13(17)16-15/h2-6H,7,15H2,1H3,(H,16,17). The first-order valence-electron chi connectivity index (χ1n) is 5.69. The molecule has 0 unspecified atom stereocenters. The van der Waals surface area contributed by atoms with Crippen molar-refractivity contribution in [1.82, 2.24) is 5.43 Å². The van der Waals surface area contributed by atoms with Crippen LogP contribution in [0.4, 0.5) is 0 Å². The van der Waals surface area contributed by atoms with Gasteiger partial charge < -0.3 is 9.47 Å². The van der Waals surface area contributed by atoms with Crippen LogP contribution in [0.15, 0.2) is 34.1 Å². The normalized spacial score (nSPS) is 10.2. The van der Waals surface area contributed by atoms with Crippen molar-refractivity contribution in [2.24, 2.45) is 5.84 Å². The molecule has 1 aromatic carbocycles. The Hall–Kier alpha value is -1.57. The monoisotopic (exact) mass is 356 g/mol. The van der Waals surface area contributed by atoms with Gasteiger partial charge in [-0.3, -0.25) is 10.2 Å². The lowest BCUT2D eigenvalue weighted by Gasteiger charge is -2.09. The van der Waals surface area contributed by atoms with Crippen LogP contribution in [0.3, 0.4) is 0 Å². The summed E-state index contributed by atoms with van der Waals surface area (Å²) < 4.78 is 11.6. The number of nitrogens with one attached hydrogen (secondary N) is 1. The van der Waals surface area contributed by atoms with E-state index in [2.05, 4.69) is 21.4 Å². The van der Waals surface area contributed by atoms with Gasteiger partial charge in [0.1, 0.15) is 18.1 Å². The molecular formula is C13H13BrN2O3S. The van der Waals surface area contributed by atoms with Gasteiger partial charge in [0.15, 0.2) is 0 Å². The molecule has 0 atom stereocenters. The van der Waals surface area contributed by atoms with Crippen molar-refractivity contribution in [3.05, 3.63) is 44.6 Å². The van der Waals surface area contributed by atoms with E-state index < -0.39 is 0 Å². The van der Waals surface area contributed by atoms with Gasteiger partial charge >= 0.3 is 0 Å². The Bertz CT molecular complexity index is 615. The van der Waals surface area contributed by atoms with Gasteiger partial charge in [-0.1, -0.05) is 0 Å². The van der Waals surface area contributed by atoms with Crippen molar-refractivity contribution in [2.45, 2.75) is 6.61 Å². The summed E-state index contributed by atoms with van der Waals surface area (Å²) in [4.78, 5) is 12.1. The van der Waals surface area contributed by atoms with Crippen LogP contribution in [-0.4, -0.2) is 13.0 Å². The second-order valence-electron chi connectivity index (χ2n) is 3.83. The Morgan fingerprint density at radius 2 is 2.25 bits per heavy atom. The lowest BCUT2D eigenvalue weighted by Crippen LogP contribution is -2.30. The van der Waals surface area contributed by atoms with E-state index in [1.165, 1.54) is 11.3 Å². The Balaban J connectivity index is 2.09. The molecule has 2 aromatic rings. The largest absolute Gasteiger partial charge is 0.497 e. The lowest BCUT2D eigenvalue weighted by atomic mass is 10.2. The molecule has 0 saturated carbocycles. The van der Waals surface area contributed by atoms with E-state index in [-0.39, 0.29) is 12.5 Å². The highest BCUT2D eigenvalue weighted by Crippen LogP contribution is 2.30. The summed E-state index contributed by atoms with van der Waals surface area (Å²) in [7, 11) is 1.60. The molecule has 0 aliphatic carbocycles. The second-order valence-corrected chi connectivity index (χ2v) is 5.60. The van der Waals surface area contributed by atoms with Gasteiger partial charge in [0.25, 0.3) is 5.91 Å². The Morgan fingerprint density at radius 3 is 2.90 bits per heavy atom. The Morgan fingerprint density at radius 1 is 1.45 bits per heavy atom. The maximum absolute atomic E-state index is 11.6. The number of hydrogen-bond donors (Lipinski definition) is 2. The number of amides is 1. The number of carbonyl (C=O) groups is 1. The van der Waals surface area contributed by atoms with Crippen LogP contribution in [0.1, 0.15) is 15.2 Å². The fraction of sp³-hybridized carbons (Fsp3) is 0.154. The highest BCUT2D eigenvalue weighted by molar-refractivity contribution is 9.10. The first-order chi connectivity index (χ1) is 9.65. The summed E-state index contributed by atoms with van der Waals surface area (Å²) in [5.41, 5.74) is 2.91. The van der Waals surface area contributed by atoms with E-state index in [0.717, 1.165) is 15.8 Å². The van der Waals surface area contributed by atoms with E-state index in [9.17, 15) is 4.79 Å². The number of hydrogen-bond acceptors (Lipinski definition) is 5. The highest BCUT2D eigenvalue weighted by atomic mass is 79.9. The van der Waals surface area contributed by atoms with Crippen LogP contribution < -0.4 is 20.7 Å². The first-order valence-corrected chi connectivity index (χ1v) is 7.36. The van der Waals surface area contributed by atoms with Crippen molar-refractivity contribution in [1.29, 1.82) is 0 Å². The molecule has 106 valence electrons. The summed E-state index contributed by atoms with van der Waals surface area (Å²) in [5.74, 6) is 6.24.